The molecule has 2 aliphatic rings. The van der Waals surface area contributed by atoms with Gasteiger partial charge in [0.15, 0.2) is 0 Å². The molecule has 1 aromatic carbocycles. The van der Waals surface area contributed by atoms with Gasteiger partial charge >= 0.3 is 0 Å². The average Bonchev–Trinajstić information content (AvgIpc) is 2.55. The van der Waals surface area contributed by atoms with Crippen molar-refractivity contribution < 1.29 is 4.79 Å². The smallest absolute Gasteiger partial charge is 0.220 e. The lowest BCUT2D eigenvalue weighted by Crippen LogP contribution is -2.43. The van der Waals surface area contributed by atoms with Crippen molar-refractivity contribution in [1.29, 1.82) is 0 Å². The van der Waals surface area contributed by atoms with E-state index in [2.05, 4.69) is 29.6 Å². The maximum absolute atomic E-state index is 12.5. The number of benzene rings is 1. The van der Waals surface area contributed by atoms with Crippen LogP contribution in [0.3, 0.4) is 0 Å². The number of amides is 1. The molecule has 0 aliphatic heterocycles. The lowest BCUT2D eigenvalue weighted by Gasteiger charge is -2.36. The minimum absolute atomic E-state index is 0.0644. The Labute approximate surface area is 133 Å². The minimum Gasteiger partial charge on any atom is -0.353 e. The number of nitrogens with two attached hydrogens (primary N) is 1. The Morgan fingerprint density at radius 1 is 1.18 bits per heavy atom. The molecule has 1 saturated carbocycles. The SMILES string of the molecule is NCC1(CC(=O)NC2CCc3ccccc3C2)CCCCC1. The largest absolute Gasteiger partial charge is 0.353 e. The molecule has 3 N–H and O–H groups in total. The fourth-order valence-electron chi connectivity index (χ4n) is 4.20. The molecule has 120 valence electrons. The van der Waals surface area contributed by atoms with Crippen molar-refractivity contribution >= 4 is 5.91 Å². The van der Waals surface area contributed by atoms with Crippen molar-refractivity contribution in [3.63, 3.8) is 0 Å². The van der Waals surface area contributed by atoms with Gasteiger partial charge in [-0.1, -0.05) is 43.5 Å². The summed E-state index contributed by atoms with van der Waals surface area (Å²) in [4.78, 5) is 12.5. The molecule has 0 spiro atoms. The second kappa shape index (κ2) is 6.82. The van der Waals surface area contributed by atoms with E-state index in [1.807, 2.05) is 0 Å². The zero-order valence-corrected chi connectivity index (χ0v) is 13.4. The van der Waals surface area contributed by atoms with E-state index in [4.69, 9.17) is 5.73 Å². The zero-order valence-electron chi connectivity index (χ0n) is 13.4. The molecule has 0 heterocycles. The molecule has 1 fully saturated rings. The van der Waals surface area contributed by atoms with Crippen LogP contribution in [0, 0.1) is 5.41 Å². The van der Waals surface area contributed by atoms with Crippen molar-refractivity contribution in [2.75, 3.05) is 6.54 Å². The second-order valence-electron chi connectivity index (χ2n) is 7.22. The van der Waals surface area contributed by atoms with Crippen molar-refractivity contribution in [3.05, 3.63) is 35.4 Å². The summed E-state index contributed by atoms with van der Waals surface area (Å²) in [7, 11) is 0. The molecule has 0 saturated heterocycles. The first-order chi connectivity index (χ1) is 10.7. The molecule has 3 heteroatoms. The van der Waals surface area contributed by atoms with Crippen molar-refractivity contribution in [3.8, 4) is 0 Å². The van der Waals surface area contributed by atoms with Gasteiger partial charge in [-0.25, -0.2) is 0 Å². The van der Waals surface area contributed by atoms with Crippen LogP contribution in [-0.4, -0.2) is 18.5 Å². The third kappa shape index (κ3) is 3.52. The van der Waals surface area contributed by atoms with Crippen LogP contribution in [0.5, 0.6) is 0 Å². The Kier molecular flexibility index (Phi) is 4.82. The highest BCUT2D eigenvalue weighted by molar-refractivity contribution is 5.77. The molecule has 0 bridgehead atoms. The Bertz CT molecular complexity index is 520. The Balaban J connectivity index is 1.56. The summed E-state index contributed by atoms with van der Waals surface area (Å²) < 4.78 is 0. The molecule has 3 rings (SSSR count). The number of fused-ring (bicyclic) bond motifs is 1. The van der Waals surface area contributed by atoms with E-state index >= 15 is 0 Å². The van der Waals surface area contributed by atoms with E-state index in [0.717, 1.165) is 32.1 Å². The fraction of sp³-hybridized carbons (Fsp3) is 0.632. The Morgan fingerprint density at radius 2 is 1.91 bits per heavy atom. The van der Waals surface area contributed by atoms with Crippen LogP contribution >= 0.6 is 0 Å². The Morgan fingerprint density at radius 3 is 2.64 bits per heavy atom. The highest BCUT2D eigenvalue weighted by Crippen LogP contribution is 2.38. The minimum atomic E-state index is 0.0644. The summed E-state index contributed by atoms with van der Waals surface area (Å²) in [6, 6.07) is 8.88. The van der Waals surface area contributed by atoms with Gasteiger partial charge < -0.3 is 11.1 Å². The van der Waals surface area contributed by atoms with Crippen molar-refractivity contribution in [2.24, 2.45) is 11.1 Å². The van der Waals surface area contributed by atoms with E-state index in [1.165, 1.54) is 30.4 Å². The molecule has 3 nitrogen and oxygen atoms in total. The molecule has 0 radical (unpaired) electrons. The van der Waals surface area contributed by atoms with Gasteiger partial charge in [-0.05, 0) is 55.2 Å². The molecular formula is C19H28N2O. The quantitative estimate of drug-likeness (QED) is 0.898. The zero-order chi connectivity index (χ0) is 15.4. The van der Waals surface area contributed by atoms with E-state index in [1.54, 1.807) is 0 Å². The van der Waals surface area contributed by atoms with Crippen LogP contribution in [0.1, 0.15) is 56.1 Å². The first kappa shape index (κ1) is 15.5. The predicted molar refractivity (Wildman–Crippen MR) is 89.6 cm³/mol. The van der Waals surface area contributed by atoms with Gasteiger partial charge in [0.05, 0.1) is 0 Å². The van der Waals surface area contributed by atoms with Crippen LogP contribution in [0.2, 0.25) is 0 Å². The van der Waals surface area contributed by atoms with E-state index in [-0.39, 0.29) is 11.3 Å². The number of hydrogen-bond acceptors (Lipinski definition) is 2. The van der Waals surface area contributed by atoms with Gasteiger partial charge in [-0.3, -0.25) is 4.79 Å². The van der Waals surface area contributed by atoms with Gasteiger partial charge in [0, 0.05) is 12.5 Å². The summed E-state index contributed by atoms with van der Waals surface area (Å²) in [5.41, 5.74) is 8.90. The maximum atomic E-state index is 12.5. The van der Waals surface area contributed by atoms with Crippen LogP contribution in [0.25, 0.3) is 0 Å². The van der Waals surface area contributed by atoms with Crippen LogP contribution < -0.4 is 11.1 Å². The summed E-state index contributed by atoms with van der Waals surface area (Å²) in [5, 5.41) is 3.27. The third-order valence-electron chi connectivity index (χ3n) is 5.59. The van der Waals surface area contributed by atoms with Crippen molar-refractivity contribution in [2.45, 2.75) is 63.8 Å². The molecular weight excluding hydrogens is 272 g/mol. The number of hydrogen-bond donors (Lipinski definition) is 2. The van der Waals surface area contributed by atoms with Gasteiger partial charge in [-0.2, -0.15) is 0 Å². The average molecular weight is 300 g/mol. The van der Waals surface area contributed by atoms with Crippen LogP contribution in [0.15, 0.2) is 24.3 Å². The van der Waals surface area contributed by atoms with E-state index < -0.39 is 0 Å². The summed E-state index contributed by atoms with van der Waals surface area (Å²) in [6.07, 6.45) is 9.68. The summed E-state index contributed by atoms with van der Waals surface area (Å²) in [5.74, 6) is 0.205. The molecule has 1 atom stereocenters. The van der Waals surface area contributed by atoms with Gasteiger partial charge in [-0.15, -0.1) is 0 Å². The first-order valence-corrected chi connectivity index (χ1v) is 8.77. The summed E-state index contributed by atoms with van der Waals surface area (Å²) in [6.45, 7) is 0.647. The molecule has 22 heavy (non-hydrogen) atoms. The first-order valence-electron chi connectivity index (χ1n) is 8.77. The highest BCUT2D eigenvalue weighted by atomic mass is 16.1. The summed E-state index contributed by atoms with van der Waals surface area (Å²) >= 11 is 0. The number of carbonyl (C=O) groups is 1. The lowest BCUT2D eigenvalue weighted by atomic mass is 9.71. The number of nitrogens with one attached hydrogen (secondary N) is 1. The highest BCUT2D eigenvalue weighted by Gasteiger charge is 2.33. The second-order valence-corrected chi connectivity index (χ2v) is 7.22. The topological polar surface area (TPSA) is 55.1 Å². The number of rotatable bonds is 4. The lowest BCUT2D eigenvalue weighted by molar-refractivity contribution is -0.124. The predicted octanol–water partition coefficient (Wildman–Crippen LogP) is 2.96. The fourth-order valence-corrected chi connectivity index (χ4v) is 4.20. The standard InChI is InChI=1S/C19H28N2O/c20-14-19(10-4-1-5-11-19)13-18(22)21-17-9-8-15-6-2-3-7-16(15)12-17/h2-3,6-7,17H,1,4-5,8-14,20H2,(H,21,22). The van der Waals surface area contributed by atoms with Crippen LogP contribution in [-0.2, 0) is 17.6 Å². The molecule has 1 unspecified atom stereocenters. The maximum Gasteiger partial charge on any atom is 0.220 e. The molecule has 2 aliphatic carbocycles. The van der Waals surface area contributed by atoms with E-state index in [0.29, 0.717) is 19.0 Å². The normalized spacial score (nSPS) is 23.6. The van der Waals surface area contributed by atoms with Crippen LogP contribution in [0.4, 0.5) is 0 Å². The van der Waals surface area contributed by atoms with Crippen molar-refractivity contribution in [1.82, 2.24) is 5.32 Å². The third-order valence-corrected chi connectivity index (χ3v) is 5.59. The molecule has 1 amide bonds. The van der Waals surface area contributed by atoms with E-state index in [9.17, 15) is 4.79 Å². The Hall–Kier alpha value is -1.35. The number of aryl methyl sites for hydroxylation is 1. The monoisotopic (exact) mass is 300 g/mol. The van der Waals surface area contributed by atoms with Gasteiger partial charge in [0.2, 0.25) is 5.91 Å². The number of carbonyl (C=O) groups excluding carboxylic acids is 1. The molecule has 1 aromatic rings. The van der Waals surface area contributed by atoms with Gasteiger partial charge in [0.1, 0.15) is 0 Å². The molecule has 0 aromatic heterocycles. The van der Waals surface area contributed by atoms with Gasteiger partial charge in [0.25, 0.3) is 0 Å².